The van der Waals surface area contributed by atoms with Gasteiger partial charge in [-0.1, -0.05) is 6.07 Å². The number of piperidine rings is 1. The molecule has 7 nitrogen and oxygen atoms in total. The molecule has 0 bridgehead atoms. The van der Waals surface area contributed by atoms with Crippen molar-refractivity contribution in [3.63, 3.8) is 0 Å². The SMILES string of the molecule is COc1ccc(CCOC(=O)C2CCCCN2C(=O)/C=C/c2ccoc2)cc1OC. The molecule has 2 heterocycles. The first-order valence-corrected chi connectivity index (χ1v) is 10.0. The highest BCUT2D eigenvalue weighted by atomic mass is 16.5. The van der Waals surface area contributed by atoms with Gasteiger partial charge in [-0.2, -0.15) is 0 Å². The van der Waals surface area contributed by atoms with Crippen molar-refractivity contribution in [2.75, 3.05) is 27.4 Å². The summed E-state index contributed by atoms with van der Waals surface area (Å²) in [6.07, 6.45) is 9.18. The summed E-state index contributed by atoms with van der Waals surface area (Å²) in [4.78, 5) is 26.9. The van der Waals surface area contributed by atoms with Gasteiger partial charge in [-0.15, -0.1) is 0 Å². The van der Waals surface area contributed by atoms with Crippen LogP contribution in [0.5, 0.6) is 11.5 Å². The zero-order valence-corrected chi connectivity index (χ0v) is 17.3. The Labute approximate surface area is 176 Å². The number of hydrogen-bond donors (Lipinski definition) is 0. The van der Waals surface area contributed by atoms with Crippen molar-refractivity contribution < 1.29 is 28.2 Å². The minimum atomic E-state index is -0.550. The normalized spacial score (nSPS) is 16.5. The van der Waals surface area contributed by atoms with Gasteiger partial charge in [-0.05, 0) is 49.1 Å². The van der Waals surface area contributed by atoms with Gasteiger partial charge >= 0.3 is 5.97 Å². The van der Waals surface area contributed by atoms with E-state index in [4.69, 9.17) is 18.6 Å². The van der Waals surface area contributed by atoms with Crippen molar-refractivity contribution in [2.45, 2.75) is 31.7 Å². The highest BCUT2D eigenvalue weighted by Gasteiger charge is 2.32. The fourth-order valence-electron chi connectivity index (χ4n) is 3.48. The smallest absolute Gasteiger partial charge is 0.328 e. The van der Waals surface area contributed by atoms with Crippen LogP contribution in [0.2, 0.25) is 0 Å². The summed E-state index contributed by atoms with van der Waals surface area (Å²) < 4.78 is 21.0. The summed E-state index contributed by atoms with van der Waals surface area (Å²) in [6.45, 7) is 0.779. The van der Waals surface area contributed by atoms with Crippen LogP contribution in [0.4, 0.5) is 0 Å². The highest BCUT2D eigenvalue weighted by molar-refractivity contribution is 5.94. The van der Waals surface area contributed by atoms with E-state index in [2.05, 4.69) is 0 Å². The number of amides is 1. The number of rotatable bonds is 8. The minimum absolute atomic E-state index is 0.197. The van der Waals surface area contributed by atoms with E-state index in [1.807, 2.05) is 18.2 Å². The molecule has 0 radical (unpaired) electrons. The van der Waals surface area contributed by atoms with Gasteiger partial charge in [-0.3, -0.25) is 4.79 Å². The average Bonchev–Trinajstić information content (AvgIpc) is 3.31. The molecule has 1 unspecified atom stereocenters. The van der Waals surface area contributed by atoms with Crippen LogP contribution in [0.3, 0.4) is 0 Å². The number of hydrogen-bond acceptors (Lipinski definition) is 6. The molecule has 1 atom stereocenters. The van der Waals surface area contributed by atoms with E-state index in [1.54, 1.807) is 43.8 Å². The van der Waals surface area contributed by atoms with Crippen LogP contribution < -0.4 is 9.47 Å². The fraction of sp³-hybridized carbons (Fsp3) is 0.391. The summed E-state index contributed by atoms with van der Waals surface area (Å²) in [5.74, 6) is 0.728. The lowest BCUT2D eigenvalue weighted by atomic mass is 10.0. The Morgan fingerprint density at radius 1 is 1.17 bits per heavy atom. The van der Waals surface area contributed by atoms with Crippen LogP contribution in [0.15, 0.2) is 47.3 Å². The number of methoxy groups -OCH3 is 2. The first-order chi connectivity index (χ1) is 14.6. The van der Waals surface area contributed by atoms with E-state index in [0.29, 0.717) is 30.9 Å². The molecule has 1 amide bonds. The van der Waals surface area contributed by atoms with Crippen LogP contribution in [0.25, 0.3) is 6.08 Å². The molecule has 1 aliphatic rings. The Bertz CT molecular complexity index is 874. The molecule has 1 aromatic carbocycles. The second-order valence-electron chi connectivity index (χ2n) is 7.04. The van der Waals surface area contributed by atoms with Crippen LogP contribution >= 0.6 is 0 Å². The number of furan rings is 1. The molecule has 2 aromatic rings. The Morgan fingerprint density at radius 2 is 2.00 bits per heavy atom. The monoisotopic (exact) mass is 413 g/mol. The predicted molar refractivity (Wildman–Crippen MR) is 111 cm³/mol. The molecule has 0 spiro atoms. The van der Waals surface area contributed by atoms with Crippen molar-refractivity contribution in [3.05, 3.63) is 54.0 Å². The second kappa shape index (κ2) is 10.5. The maximum absolute atomic E-state index is 12.7. The van der Waals surface area contributed by atoms with Crippen molar-refractivity contribution in [2.24, 2.45) is 0 Å². The molecular weight excluding hydrogens is 386 g/mol. The van der Waals surface area contributed by atoms with Crippen molar-refractivity contribution in [1.29, 1.82) is 0 Å². The lowest BCUT2D eigenvalue weighted by Crippen LogP contribution is -2.48. The molecule has 0 saturated carbocycles. The Hall–Kier alpha value is -3.22. The molecule has 3 rings (SSSR count). The molecular formula is C23H27NO6. The Morgan fingerprint density at radius 3 is 2.73 bits per heavy atom. The van der Waals surface area contributed by atoms with E-state index < -0.39 is 6.04 Å². The minimum Gasteiger partial charge on any atom is -0.493 e. The Kier molecular flexibility index (Phi) is 7.54. The highest BCUT2D eigenvalue weighted by Crippen LogP contribution is 2.27. The number of carbonyl (C=O) groups excluding carboxylic acids is 2. The van der Waals surface area contributed by atoms with Gasteiger partial charge in [0.25, 0.3) is 0 Å². The molecule has 1 fully saturated rings. The zero-order valence-electron chi connectivity index (χ0n) is 17.3. The predicted octanol–water partition coefficient (Wildman–Crippen LogP) is 3.48. The van der Waals surface area contributed by atoms with Gasteiger partial charge in [0, 0.05) is 24.6 Å². The van der Waals surface area contributed by atoms with E-state index in [1.165, 1.54) is 6.08 Å². The first kappa shape index (κ1) is 21.5. The maximum Gasteiger partial charge on any atom is 0.328 e. The van der Waals surface area contributed by atoms with Crippen LogP contribution in [-0.2, 0) is 20.7 Å². The first-order valence-electron chi connectivity index (χ1n) is 10.0. The summed E-state index contributed by atoms with van der Waals surface area (Å²) in [5.41, 5.74) is 1.77. The fourth-order valence-corrected chi connectivity index (χ4v) is 3.48. The van der Waals surface area contributed by atoms with Crippen molar-refractivity contribution in [1.82, 2.24) is 4.90 Å². The summed E-state index contributed by atoms with van der Waals surface area (Å²) >= 11 is 0. The number of ether oxygens (including phenoxy) is 3. The van der Waals surface area contributed by atoms with Gasteiger partial charge in [0.15, 0.2) is 11.5 Å². The third kappa shape index (κ3) is 5.43. The number of carbonyl (C=O) groups is 2. The molecule has 1 saturated heterocycles. The topological polar surface area (TPSA) is 78.2 Å². The van der Waals surface area contributed by atoms with Gasteiger partial charge in [0.2, 0.25) is 5.91 Å². The number of esters is 1. The summed E-state index contributed by atoms with van der Waals surface area (Å²) in [6, 6.07) is 6.81. The number of benzene rings is 1. The number of nitrogens with zero attached hydrogens (tertiary/aromatic N) is 1. The lowest BCUT2D eigenvalue weighted by molar-refractivity contribution is -0.155. The molecule has 0 aliphatic carbocycles. The molecule has 160 valence electrons. The average molecular weight is 413 g/mol. The summed E-state index contributed by atoms with van der Waals surface area (Å²) in [7, 11) is 3.16. The van der Waals surface area contributed by atoms with Crippen LogP contribution in [-0.4, -0.2) is 50.2 Å². The van der Waals surface area contributed by atoms with Gasteiger partial charge in [0.05, 0.1) is 33.4 Å². The van der Waals surface area contributed by atoms with Crippen molar-refractivity contribution in [3.8, 4) is 11.5 Å². The lowest BCUT2D eigenvalue weighted by Gasteiger charge is -2.33. The molecule has 1 aliphatic heterocycles. The van der Waals surface area contributed by atoms with Gasteiger partial charge in [-0.25, -0.2) is 4.79 Å². The van der Waals surface area contributed by atoms with E-state index in [9.17, 15) is 9.59 Å². The third-order valence-electron chi connectivity index (χ3n) is 5.10. The van der Waals surface area contributed by atoms with E-state index in [-0.39, 0.29) is 18.5 Å². The van der Waals surface area contributed by atoms with Crippen LogP contribution in [0.1, 0.15) is 30.4 Å². The zero-order chi connectivity index (χ0) is 21.3. The Balaban J connectivity index is 1.55. The number of likely N-dealkylation sites (tertiary alicyclic amines) is 1. The van der Waals surface area contributed by atoms with Crippen LogP contribution in [0, 0.1) is 0 Å². The molecule has 1 aromatic heterocycles. The van der Waals surface area contributed by atoms with Gasteiger partial charge in [0.1, 0.15) is 6.04 Å². The second-order valence-corrected chi connectivity index (χ2v) is 7.04. The van der Waals surface area contributed by atoms with E-state index >= 15 is 0 Å². The molecule has 30 heavy (non-hydrogen) atoms. The maximum atomic E-state index is 12.7. The summed E-state index contributed by atoms with van der Waals surface area (Å²) in [5, 5.41) is 0. The van der Waals surface area contributed by atoms with Gasteiger partial charge < -0.3 is 23.5 Å². The van der Waals surface area contributed by atoms with Crippen molar-refractivity contribution >= 4 is 18.0 Å². The molecule has 7 heteroatoms. The quantitative estimate of drug-likeness (QED) is 0.487. The standard InChI is InChI=1S/C23H27NO6/c1-27-20-8-6-17(15-21(20)28-2)11-14-30-23(26)19-5-3-4-12-24(19)22(25)9-7-18-10-13-29-16-18/h6-10,13,15-16,19H,3-5,11-12,14H2,1-2H3/b9-7+. The third-order valence-corrected chi connectivity index (χ3v) is 5.10. The van der Waals surface area contributed by atoms with E-state index in [0.717, 1.165) is 24.0 Å². The largest absolute Gasteiger partial charge is 0.493 e. The molecule has 0 N–H and O–H groups in total.